The molecule has 1 aliphatic heterocycles. The molecule has 0 spiro atoms. The van der Waals surface area contributed by atoms with Gasteiger partial charge in [0.2, 0.25) is 0 Å². The Morgan fingerprint density at radius 2 is 0.970 bits per heavy atom. The highest BCUT2D eigenvalue weighted by Gasteiger charge is 2.54. The molecule has 1 fully saturated rings. The summed E-state index contributed by atoms with van der Waals surface area (Å²) >= 11 is 7.06. The van der Waals surface area contributed by atoms with Gasteiger partial charge in [0.25, 0.3) is 0 Å². The average molecular weight is 485 g/mol. The first-order chi connectivity index (χ1) is 16.0. The Bertz CT molecular complexity index is 456. The van der Waals surface area contributed by atoms with Crippen molar-refractivity contribution in [2.24, 2.45) is 0 Å². The van der Waals surface area contributed by atoms with E-state index in [1.54, 1.807) is 0 Å². The molecule has 1 amide bonds. The number of carbonyl (C=O) groups excluding carboxylic acids is 1. The molecular weight excluding hydrogens is 426 g/mol. The molecular formula is C30H59ClNO+. The zero-order valence-corrected chi connectivity index (χ0v) is 23.7. The van der Waals surface area contributed by atoms with Crippen LogP contribution in [0.15, 0.2) is 0 Å². The van der Waals surface area contributed by atoms with Crippen molar-refractivity contribution in [3.63, 3.8) is 0 Å². The van der Waals surface area contributed by atoms with Crippen LogP contribution in [0.2, 0.25) is 0 Å². The first-order valence-corrected chi connectivity index (χ1v) is 15.4. The lowest BCUT2D eigenvalue weighted by atomic mass is 9.86. The Morgan fingerprint density at radius 1 is 0.636 bits per heavy atom. The summed E-state index contributed by atoms with van der Waals surface area (Å²) in [5.74, 6) is 0.276. The predicted molar refractivity (Wildman–Crippen MR) is 147 cm³/mol. The van der Waals surface area contributed by atoms with Gasteiger partial charge in [0.15, 0.2) is 11.8 Å². The highest BCUT2D eigenvalue weighted by atomic mass is 35.5. The lowest BCUT2D eigenvalue weighted by molar-refractivity contribution is -0.789. The van der Waals surface area contributed by atoms with Crippen molar-refractivity contribution >= 4 is 17.7 Å². The number of unbranched alkanes of at least 4 members (excludes halogenated alkanes) is 18. The number of hydrogen-bond acceptors (Lipinski definition) is 1. The number of rotatable bonds is 23. The molecule has 3 heteroatoms. The Hall–Kier alpha value is -0.0800. The maximum atomic E-state index is 12.7. The van der Waals surface area contributed by atoms with Crippen LogP contribution in [0.25, 0.3) is 0 Å². The SMILES string of the molecule is CCCCCCCCCCCCC(C)(CCCCCCCCCCCC)[N+]1(Cl)CCCC1=O. The summed E-state index contributed by atoms with van der Waals surface area (Å²) in [5.41, 5.74) is -0.0740. The van der Waals surface area contributed by atoms with Gasteiger partial charge in [0, 0.05) is 19.3 Å². The monoisotopic (exact) mass is 484 g/mol. The molecule has 1 unspecified atom stereocenters. The largest absolute Gasteiger partial charge is 0.332 e. The fourth-order valence-corrected chi connectivity index (χ4v) is 6.16. The van der Waals surface area contributed by atoms with Crippen LogP contribution in [0.5, 0.6) is 0 Å². The van der Waals surface area contributed by atoms with Gasteiger partial charge in [-0.3, -0.25) is 0 Å². The van der Waals surface area contributed by atoms with E-state index in [4.69, 9.17) is 11.8 Å². The van der Waals surface area contributed by atoms with E-state index in [0.29, 0.717) is 6.42 Å². The minimum Gasteiger partial charge on any atom is -0.229 e. The van der Waals surface area contributed by atoms with Gasteiger partial charge in [-0.25, -0.2) is 4.79 Å². The van der Waals surface area contributed by atoms with E-state index in [-0.39, 0.29) is 15.4 Å². The molecule has 0 radical (unpaired) electrons. The van der Waals surface area contributed by atoms with Gasteiger partial charge < -0.3 is 0 Å². The van der Waals surface area contributed by atoms with Crippen molar-refractivity contribution < 1.29 is 8.80 Å². The molecule has 196 valence electrons. The zero-order valence-electron chi connectivity index (χ0n) is 22.9. The van der Waals surface area contributed by atoms with Crippen molar-refractivity contribution in [1.29, 1.82) is 0 Å². The number of nitrogens with zero attached hydrogens (tertiary/aromatic N) is 1. The molecule has 2 nitrogen and oxygen atoms in total. The molecule has 0 aromatic rings. The number of halogens is 1. The van der Waals surface area contributed by atoms with Crippen molar-refractivity contribution in [1.82, 2.24) is 0 Å². The molecule has 1 atom stereocenters. The highest BCUT2D eigenvalue weighted by molar-refractivity contribution is 6.13. The third kappa shape index (κ3) is 12.4. The van der Waals surface area contributed by atoms with Crippen LogP contribution >= 0.6 is 11.8 Å². The van der Waals surface area contributed by atoms with Gasteiger partial charge in [-0.15, -0.1) is 0 Å². The van der Waals surface area contributed by atoms with Gasteiger partial charge in [-0.2, -0.15) is 4.00 Å². The normalized spacial score (nSPS) is 19.0. The van der Waals surface area contributed by atoms with Crippen LogP contribution in [0.1, 0.15) is 175 Å². The minimum atomic E-state index is -0.0740. The van der Waals surface area contributed by atoms with Crippen LogP contribution in [0.3, 0.4) is 0 Å². The molecule has 1 saturated heterocycles. The Balaban J connectivity index is 2.28. The van der Waals surface area contributed by atoms with Crippen LogP contribution in [-0.4, -0.2) is 22.0 Å². The van der Waals surface area contributed by atoms with E-state index in [9.17, 15) is 4.79 Å². The number of hydrogen-bond donors (Lipinski definition) is 0. The second kappa shape index (κ2) is 19.1. The predicted octanol–water partition coefficient (Wildman–Crippen LogP) is 10.7. The molecule has 1 aliphatic rings. The summed E-state index contributed by atoms with van der Waals surface area (Å²) in [5, 5.41) is 0. The number of carbonyl (C=O) groups is 1. The summed E-state index contributed by atoms with van der Waals surface area (Å²) in [4.78, 5) is 12.7. The van der Waals surface area contributed by atoms with Crippen molar-refractivity contribution in [2.75, 3.05) is 6.54 Å². The first kappa shape index (κ1) is 31.0. The van der Waals surface area contributed by atoms with Gasteiger partial charge >= 0.3 is 5.91 Å². The average Bonchev–Trinajstić information content (AvgIpc) is 3.16. The maximum absolute atomic E-state index is 12.7. The number of likely N-dealkylation sites (tertiary alicyclic amines) is 1. The Kier molecular flexibility index (Phi) is 18.0. The first-order valence-electron chi connectivity index (χ1n) is 15.1. The summed E-state index contributed by atoms with van der Waals surface area (Å²) in [6.45, 7) is 7.73. The van der Waals surface area contributed by atoms with Crippen molar-refractivity contribution in [3.8, 4) is 0 Å². The van der Waals surface area contributed by atoms with E-state index in [1.165, 1.54) is 128 Å². The van der Waals surface area contributed by atoms with E-state index >= 15 is 0 Å². The molecule has 0 aromatic heterocycles. The second-order valence-corrected chi connectivity index (χ2v) is 11.9. The minimum absolute atomic E-state index is 0.0740. The molecule has 33 heavy (non-hydrogen) atoms. The lowest BCUT2D eigenvalue weighted by Gasteiger charge is -2.41. The fourth-order valence-electron chi connectivity index (χ4n) is 5.79. The summed E-state index contributed by atoms with van der Waals surface area (Å²) in [6.07, 6.45) is 31.1. The van der Waals surface area contributed by atoms with Gasteiger partial charge in [0.05, 0.1) is 6.42 Å². The van der Waals surface area contributed by atoms with Gasteiger partial charge in [-0.1, -0.05) is 129 Å². The van der Waals surface area contributed by atoms with Crippen LogP contribution in [0, 0.1) is 0 Å². The lowest BCUT2D eigenvalue weighted by Crippen LogP contribution is -2.57. The van der Waals surface area contributed by atoms with E-state index in [0.717, 1.165) is 25.8 Å². The van der Waals surface area contributed by atoms with E-state index < -0.39 is 0 Å². The smallest absolute Gasteiger partial charge is 0.229 e. The molecule has 0 saturated carbocycles. The molecule has 0 aliphatic carbocycles. The van der Waals surface area contributed by atoms with Crippen LogP contribution in [-0.2, 0) is 4.79 Å². The fraction of sp³-hybridized carbons (Fsp3) is 0.967. The third-order valence-corrected chi connectivity index (χ3v) is 9.01. The van der Waals surface area contributed by atoms with Gasteiger partial charge in [-0.05, 0) is 19.8 Å². The molecule has 0 N–H and O–H groups in total. The molecule has 1 rings (SSSR count). The van der Waals surface area contributed by atoms with E-state index in [1.807, 2.05) is 0 Å². The van der Waals surface area contributed by atoms with E-state index in [2.05, 4.69) is 20.8 Å². The van der Waals surface area contributed by atoms with Crippen molar-refractivity contribution in [3.05, 3.63) is 0 Å². The Morgan fingerprint density at radius 3 is 1.27 bits per heavy atom. The summed E-state index contributed by atoms with van der Waals surface area (Å²) in [6, 6.07) is 0. The zero-order chi connectivity index (χ0) is 24.3. The maximum Gasteiger partial charge on any atom is 0.332 e. The van der Waals surface area contributed by atoms with Crippen LogP contribution < -0.4 is 0 Å². The second-order valence-electron chi connectivity index (χ2n) is 11.3. The van der Waals surface area contributed by atoms with Gasteiger partial charge in [0.1, 0.15) is 12.1 Å². The quantitative estimate of drug-likeness (QED) is 0.104. The third-order valence-electron chi connectivity index (χ3n) is 8.25. The topological polar surface area (TPSA) is 17.1 Å². The number of quaternary nitrogens is 1. The summed E-state index contributed by atoms with van der Waals surface area (Å²) < 4.78 is 0.196. The standard InChI is InChI=1S/C30H59ClNO/c1-4-6-8-10-12-14-16-18-20-22-26-30(3,32(31)28-24-25-29(32)33)27-23-21-19-17-15-13-11-9-7-5-2/h4-28H2,1-3H3/q+1. The summed E-state index contributed by atoms with van der Waals surface area (Å²) in [7, 11) is 0. The molecule has 0 bridgehead atoms. The number of amides is 1. The van der Waals surface area contributed by atoms with Crippen molar-refractivity contribution in [2.45, 2.75) is 180 Å². The molecule has 1 heterocycles. The Labute approximate surface area is 213 Å². The highest BCUT2D eigenvalue weighted by Crippen LogP contribution is 2.42. The van der Waals surface area contributed by atoms with Crippen LogP contribution in [0.4, 0.5) is 0 Å². The molecule has 0 aromatic carbocycles.